The van der Waals surface area contributed by atoms with Crippen LogP contribution >= 0.6 is 0 Å². The second-order valence-corrected chi connectivity index (χ2v) is 5.08. The summed E-state index contributed by atoms with van der Waals surface area (Å²) in [6, 6.07) is 1.71. The molecule has 1 aliphatic rings. The van der Waals surface area contributed by atoms with Gasteiger partial charge in [0, 0.05) is 12.1 Å². The van der Waals surface area contributed by atoms with Gasteiger partial charge in [-0.05, 0) is 32.3 Å². The van der Waals surface area contributed by atoms with Crippen LogP contribution in [0.2, 0.25) is 0 Å². The van der Waals surface area contributed by atoms with Gasteiger partial charge >= 0.3 is 5.97 Å². The fraction of sp³-hybridized carbons (Fsp3) is 0.571. The van der Waals surface area contributed by atoms with Crippen molar-refractivity contribution < 1.29 is 19.1 Å². The smallest absolute Gasteiger partial charge is 0.329 e. The number of carboxylic acid groups (broad SMARTS) is 1. The van der Waals surface area contributed by atoms with Gasteiger partial charge in [-0.25, -0.2) is 4.79 Å². The number of hydrogen-bond donors (Lipinski definition) is 1. The van der Waals surface area contributed by atoms with Gasteiger partial charge in [-0.1, -0.05) is 13.3 Å². The van der Waals surface area contributed by atoms with Crippen molar-refractivity contribution in [1.29, 1.82) is 0 Å². The SMILES string of the molecule is CCCC1(C(=O)O)CCCN1C(=O)c1occc1C. The van der Waals surface area contributed by atoms with Gasteiger partial charge in [0.15, 0.2) is 5.76 Å². The predicted octanol–water partition coefficient (Wildman–Crippen LogP) is 2.45. The first-order valence-corrected chi connectivity index (χ1v) is 6.62. The highest BCUT2D eigenvalue weighted by Crippen LogP contribution is 2.35. The largest absolute Gasteiger partial charge is 0.479 e. The van der Waals surface area contributed by atoms with Gasteiger partial charge in [0.05, 0.1) is 6.26 Å². The van der Waals surface area contributed by atoms with Gasteiger partial charge in [-0.15, -0.1) is 0 Å². The third-order valence-electron chi connectivity index (χ3n) is 3.85. The fourth-order valence-corrected chi connectivity index (χ4v) is 2.89. The molecule has 0 aliphatic carbocycles. The number of amides is 1. The van der Waals surface area contributed by atoms with E-state index in [1.165, 1.54) is 11.2 Å². The van der Waals surface area contributed by atoms with Crippen molar-refractivity contribution in [3.8, 4) is 0 Å². The van der Waals surface area contributed by atoms with E-state index < -0.39 is 11.5 Å². The minimum atomic E-state index is -1.06. The summed E-state index contributed by atoms with van der Waals surface area (Å²) in [5.74, 6) is -0.969. The monoisotopic (exact) mass is 265 g/mol. The third kappa shape index (κ3) is 2.13. The number of likely N-dealkylation sites (tertiary alicyclic amines) is 1. The Kier molecular flexibility index (Phi) is 3.64. The number of hydrogen-bond acceptors (Lipinski definition) is 3. The van der Waals surface area contributed by atoms with Gasteiger partial charge in [-0.3, -0.25) is 4.79 Å². The summed E-state index contributed by atoms with van der Waals surface area (Å²) < 4.78 is 5.21. The topological polar surface area (TPSA) is 70.8 Å². The first kappa shape index (κ1) is 13.6. The van der Waals surface area contributed by atoms with Crippen LogP contribution in [0, 0.1) is 6.92 Å². The number of aryl methyl sites for hydroxylation is 1. The van der Waals surface area contributed by atoms with Crippen LogP contribution in [0.4, 0.5) is 0 Å². The molecule has 5 heteroatoms. The van der Waals surface area contributed by atoms with E-state index in [0.29, 0.717) is 19.4 Å². The van der Waals surface area contributed by atoms with Crippen LogP contribution in [0.25, 0.3) is 0 Å². The summed E-state index contributed by atoms with van der Waals surface area (Å²) in [4.78, 5) is 25.6. The zero-order valence-corrected chi connectivity index (χ0v) is 11.3. The molecule has 104 valence electrons. The Labute approximate surface area is 112 Å². The Morgan fingerprint density at radius 2 is 2.26 bits per heavy atom. The van der Waals surface area contributed by atoms with Crippen molar-refractivity contribution in [2.75, 3.05) is 6.54 Å². The maximum atomic E-state index is 12.5. The van der Waals surface area contributed by atoms with E-state index in [4.69, 9.17) is 4.42 Å². The Hall–Kier alpha value is -1.78. The maximum absolute atomic E-state index is 12.5. The molecule has 19 heavy (non-hydrogen) atoms. The molecule has 1 saturated heterocycles. The highest BCUT2D eigenvalue weighted by Gasteiger charge is 2.49. The lowest BCUT2D eigenvalue weighted by Crippen LogP contribution is -2.53. The number of carbonyl (C=O) groups excluding carboxylic acids is 1. The molecule has 0 bridgehead atoms. The number of furan rings is 1. The molecule has 0 radical (unpaired) electrons. The molecular formula is C14H19NO4. The van der Waals surface area contributed by atoms with E-state index in [1.807, 2.05) is 6.92 Å². The Morgan fingerprint density at radius 1 is 1.53 bits per heavy atom. The molecule has 2 heterocycles. The maximum Gasteiger partial charge on any atom is 0.329 e. The number of rotatable bonds is 4. The fourth-order valence-electron chi connectivity index (χ4n) is 2.89. The van der Waals surface area contributed by atoms with Gasteiger partial charge in [0.1, 0.15) is 5.54 Å². The van der Waals surface area contributed by atoms with Crippen LogP contribution in [0.15, 0.2) is 16.7 Å². The number of carbonyl (C=O) groups is 2. The molecule has 0 spiro atoms. The zero-order valence-electron chi connectivity index (χ0n) is 11.3. The predicted molar refractivity (Wildman–Crippen MR) is 69.0 cm³/mol. The minimum Gasteiger partial charge on any atom is -0.479 e. The van der Waals surface area contributed by atoms with Crippen LogP contribution in [0.5, 0.6) is 0 Å². The van der Waals surface area contributed by atoms with Crippen LogP contribution in [-0.2, 0) is 4.79 Å². The molecule has 1 aromatic heterocycles. The van der Waals surface area contributed by atoms with E-state index in [-0.39, 0.29) is 11.7 Å². The molecule has 0 saturated carbocycles. The number of aliphatic carboxylic acids is 1. The van der Waals surface area contributed by atoms with E-state index in [9.17, 15) is 14.7 Å². The summed E-state index contributed by atoms with van der Waals surface area (Å²) in [7, 11) is 0. The minimum absolute atomic E-state index is 0.253. The van der Waals surface area contributed by atoms with E-state index in [1.54, 1.807) is 13.0 Å². The molecule has 1 amide bonds. The van der Waals surface area contributed by atoms with Crippen molar-refractivity contribution in [1.82, 2.24) is 4.90 Å². The van der Waals surface area contributed by atoms with Crippen molar-refractivity contribution in [2.24, 2.45) is 0 Å². The summed E-state index contributed by atoms with van der Waals surface area (Å²) in [5.41, 5.74) is -0.321. The first-order valence-electron chi connectivity index (χ1n) is 6.62. The molecule has 2 rings (SSSR count). The van der Waals surface area contributed by atoms with Crippen LogP contribution in [0.1, 0.15) is 48.7 Å². The van der Waals surface area contributed by atoms with Crippen molar-refractivity contribution in [3.05, 3.63) is 23.7 Å². The van der Waals surface area contributed by atoms with Gasteiger partial charge < -0.3 is 14.4 Å². The summed E-state index contributed by atoms with van der Waals surface area (Å²) in [5, 5.41) is 9.56. The van der Waals surface area contributed by atoms with Crippen molar-refractivity contribution in [3.63, 3.8) is 0 Å². The lowest BCUT2D eigenvalue weighted by atomic mass is 9.90. The molecular weight excluding hydrogens is 246 g/mol. The van der Waals surface area contributed by atoms with Crippen molar-refractivity contribution in [2.45, 2.75) is 45.1 Å². The molecule has 1 unspecified atom stereocenters. The number of carboxylic acids is 1. The summed E-state index contributed by atoms with van der Waals surface area (Å²) in [6.07, 6.45) is 3.90. The zero-order chi connectivity index (χ0) is 14.0. The molecule has 0 aromatic carbocycles. The molecule has 1 aliphatic heterocycles. The van der Waals surface area contributed by atoms with Crippen LogP contribution < -0.4 is 0 Å². The van der Waals surface area contributed by atoms with Crippen molar-refractivity contribution >= 4 is 11.9 Å². The summed E-state index contributed by atoms with van der Waals surface area (Å²) >= 11 is 0. The van der Waals surface area contributed by atoms with Gasteiger partial charge in [0.2, 0.25) is 0 Å². The highest BCUT2D eigenvalue weighted by molar-refractivity contribution is 5.97. The lowest BCUT2D eigenvalue weighted by Gasteiger charge is -2.34. The quantitative estimate of drug-likeness (QED) is 0.907. The number of nitrogens with zero attached hydrogens (tertiary/aromatic N) is 1. The molecule has 1 N–H and O–H groups in total. The van der Waals surface area contributed by atoms with E-state index in [2.05, 4.69) is 0 Å². The van der Waals surface area contributed by atoms with Gasteiger partial charge in [-0.2, -0.15) is 0 Å². The third-order valence-corrected chi connectivity index (χ3v) is 3.85. The average molecular weight is 265 g/mol. The Bertz CT molecular complexity index is 493. The molecule has 1 aromatic rings. The van der Waals surface area contributed by atoms with E-state index in [0.717, 1.165) is 18.4 Å². The molecule has 1 atom stereocenters. The summed E-state index contributed by atoms with van der Waals surface area (Å²) in [6.45, 7) is 4.20. The van der Waals surface area contributed by atoms with Gasteiger partial charge in [0.25, 0.3) is 5.91 Å². The second-order valence-electron chi connectivity index (χ2n) is 5.08. The normalized spacial score (nSPS) is 22.7. The molecule has 1 fully saturated rings. The standard InChI is InChI=1S/C14H19NO4/c1-3-6-14(13(17)18)7-4-8-15(14)12(16)11-10(2)5-9-19-11/h5,9H,3-4,6-8H2,1-2H3,(H,17,18). The highest BCUT2D eigenvalue weighted by atomic mass is 16.4. The average Bonchev–Trinajstić information content (AvgIpc) is 2.96. The van der Waals surface area contributed by atoms with Crippen LogP contribution in [-0.4, -0.2) is 34.0 Å². The lowest BCUT2D eigenvalue weighted by molar-refractivity contribution is -0.148. The van der Waals surface area contributed by atoms with E-state index >= 15 is 0 Å². The first-order chi connectivity index (χ1) is 9.03. The Balaban J connectivity index is 2.35. The van der Waals surface area contributed by atoms with Crippen LogP contribution in [0.3, 0.4) is 0 Å². The Morgan fingerprint density at radius 3 is 2.79 bits per heavy atom. The molecule has 5 nitrogen and oxygen atoms in total. The second kappa shape index (κ2) is 5.07.